The average molecular weight is 216 g/mol. The molecule has 0 radical (unpaired) electrons. The number of nitrogens with one attached hydrogen (secondary N) is 3. The maximum Gasteiger partial charge on any atom is 0.316 e. The maximum atomic E-state index is 11.1. The maximum absolute atomic E-state index is 11.1. The number of hydrogen-bond acceptors (Lipinski definition) is 2. The lowest BCUT2D eigenvalue weighted by atomic mass is 10.3. The molecule has 0 saturated heterocycles. The van der Waals surface area contributed by atoms with E-state index in [2.05, 4.69) is 16.0 Å². The highest BCUT2D eigenvalue weighted by Gasteiger charge is 2.00. The van der Waals surface area contributed by atoms with Gasteiger partial charge in [0, 0.05) is 34.2 Å². The van der Waals surface area contributed by atoms with Gasteiger partial charge in [-0.3, -0.25) is 0 Å². The third kappa shape index (κ3) is 7.60. The molecule has 0 heterocycles. The summed E-state index contributed by atoms with van der Waals surface area (Å²) in [5, 5.41) is 7.88. The third-order valence-corrected chi connectivity index (χ3v) is 1.80. The van der Waals surface area contributed by atoms with Gasteiger partial charge < -0.3 is 20.9 Å². The van der Waals surface area contributed by atoms with Crippen molar-refractivity contribution in [1.29, 1.82) is 0 Å². The summed E-state index contributed by atoms with van der Waals surface area (Å²) in [6.07, 6.45) is 1.70. The Bertz CT molecular complexity index is 206. The van der Waals surface area contributed by atoms with E-state index in [0.29, 0.717) is 13.1 Å². The molecule has 0 unspecified atom stereocenters. The van der Waals surface area contributed by atoms with Gasteiger partial charge in [0.05, 0.1) is 0 Å². The molecule has 0 rings (SSSR count). The van der Waals surface area contributed by atoms with Crippen LogP contribution in [0.4, 0.5) is 9.59 Å². The number of unbranched alkanes of at least 4 members (excludes halogenated alkanes) is 1. The highest BCUT2D eigenvalue weighted by Crippen LogP contribution is 1.85. The van der Waals surface area contributed by atoms with E-state index in [0.717, 1.165) is 12.8 Å². The molecule has 0 spiro atoms. The first-order chi connectivity index (χ1) is 7.07. The fourth-order valence-corrected chi connectivity index (χ4v) is 0.894. The molecule has 0 aliphatic heterocycles. The van der Waals surface area contributed by atoms with Crippen molar-refractivity contribution < 1.29 is 9.59 Å². The number of urea groups is 2. The van der Waals surface area contributed by atoms with Gasteiger partial charge >= 0.3 is 12.1 Å². The van der Waals surface area contributed by atoms with Crippen molar-refractivity contribution in [3.63, 3.8) is 0 Å². The zero-order chi connectivity index (χ0) is 11.7. The van der Waals surface area contributed by atoms with Crippen molar-refractivity contribution in [2.75, 3.05) is 34.2 Å². The van der Waals surface area contributed by atoms with Crippen molar-refractivity contribution in [2.45, 2.75) is 12.8 Å². The van der Waals surface area contributed by atoms with Crippen LogP contribution in [0.25, 0.3) is 0 Å². The molecule has 0 aromatic rings. The van der Waals surface area contributed by atoms with Crippen LogP contribution in [0.15, 0.2) is 0 Å². The van der Waals surface area contributed by atoms with Gasteiger partial charge in [0.15, 0.2) is 0 Å². The average Bonchev–Trinajstić information content (AvgIpc) is 2.22. The SMILES string of the molecule is CNC(=O)NCCCCNC(=O)N(C)C. The van der Waals surface area contributed by atoms with E-state index in [1.165, 1.54) is 4.90 Å². The molecule has 0 aromatic heterocycles. The Morgan fingerprint density at radius 3 is 2.07 bits per heavy atom. The standard InChI is InChI=1S/C9H20N4O2/c1-10-8(14)11-6-4-5-7-12-9(15)13(2)3/h4-7H2,1-3H3,(H,12,15)(H2,10,11,14). The summed E-state index contributed by atoms with van der Waals surface area (Å²) in [5.41, 5.74) is 0. The van der Waals surface area contributed by atoms with Gasteiger partial charge in [0.2, 0.25) is 0 Å². The molecule has 0 aliphatic carbocycles. The minimum absolute atomic E-state index is 0.0886. The Hall–Kier alpha value is -1.46. The summed E-state index contributed by atoms with van der Waals surface area (Å²) in [6.45, 7) is 1.25. The highest BCUT2D eigenvalue weighted by atomic mass is 16.2. The van der Waals surface area contributed by atoms with Crippen molar-refractivity contribution in [3.05, 3.63) is 0 Å². The Labute approximate surface area is 90.4 Å². The molecule has 0 atom stereocenters. The summed E-state index contributed by atoms with van der Waals surface area (Å²) in [7, 11) is 4.97. The van der Waals surface area contributed by atoms with Crippen molar-refractivity contribution in [1.82, 2.24) is 20.9 Å². The smallest absolute Gasteiger partial charge is 0.316 e. The van der Waals surface area contributed by atoms with Gasteiger partial charge in [-0.25, -0.2) is 9.59 Å². The summed E-state index contributed by atoms with van der Waals surface area (Å²) in [5.74, 6) is 0. The Morgan fingerprint density at radius 1 is 1.07 bits per heavy atom. The van der Waals surface area contributed by atoms with E-state index in [9.17, 15) is 9.59 Å². The van der Waals surface area contributed by atoms with Crippen LogP contribution in [-0.2, 0) is 0 Å². The summed E-state index contributed by atoms with van der Waals surface area (Å²) >= 11 is 0. The summed E-state index contributed by atoms with van der Waals surface area (Å²) in [6, 6.07) is -0.262. The molecule has 0 saturated carbocycles. The van der Waals surface area contributed by atoms with Gasteiger partial charge in [0.25, 0.3) is 0 Å². The van der Waals surface area contributed by atoms with Crippen LogP contribution in [-0.4, -0.2) is 51.2 Å². The van der Waals surface area contributed by atoms with E-state index in [-0.39, 0.29) is 12.1 Å². The molecule has 4 amide bonds. The summed E-state index contributed by atoms with van der Waals surface area (Å²) < 4.78 is 0. The first kappa shape index (κ1) is 13.5. The van der Waals surface area contributed by atoms with Gasteiger partial charge in [-0.1, -0.05) is 0 Å². The predicted octanol–water partition coefficient (Wildman–Crippen LogP) is -0.0332. The molecular formula is C9H20N4O2. The lowest BCUT2D eigenvalue weighted by molar-refractivity contribution is 0.217. The zero-order valence-electron chi connectivity index (χ0n) is 9.59. The Morgan fingerprint density at radius 2 is 1.60 bits per heavy atom. The fraction of sp³-hybridized carbons (Fsp3) is 0.778. The molecule has 0 bridgehead atoms. The molecule has 6 nitrogen and oxygen atoms in total. The second-order valence-corrected chi connectivity index (χ2v) is 3.34. The minimum atomic E-state index is -0.174. The largest absolute Gasteiger partial charge is 0.341 e. The summed E-state index contributed by atoms with van der Waals surface area (Å²) in [4.78, 5) is 23.3. The first-order valence-electron chi connectivity index (χ1n) is 4.98. The highest BCUT2D eigenvalue weighted by molar-refractivity contribution is 5.73. The van der Waals surface area contributed by atoms with Gasteiger partial charge in [0.1, 0.15) is 0 Å². The van der Waals surface area contributed by atoms with Crippen LogP contribution in [0, 0.1) is 0 Å². The predicted molar refractivity (Wildman–Crippen MR) is 58.8 cm³/mol. The molecular weight excluding hydrogens is 196 g/mol. The Balaban J connectivity index is 3.25. The van der Waals surface area contributed by atoms with Crippen LogP contribution in [0.1, 0.15) is 12.8 Å². The molecule has 6 heteroatoms. The van der Waals surface area contributed by atoms with E-state index in [1.54, 1.807) is 21.1 Å². The number of carbonyl (C=O) groups is 2. The van der Waals surface area contributed by atoms with Crippen molar-refractivity contribution in [2.24, 2.45) is 0 Å². The van der Waals surface area contributed by atoms with Crippen LogP contribution in [0.2, 0.25) is 0 Å². The van der Waals surface area contributed by atoms with E-state index in [4.69, 9.17) is 0 Å². The molecule has 0 aromatic carbocycles. The molecule has 0 fully saturated rings. The molecule has 88 valence electrons. The molecule has 3 N–H and O–H groups in total. The van der Waals surface area contributed by atoms with E-state index < -0.39 is 0 Å². The quantitative estimate of drug-likeness (QED) is 0.564. The lowest BCUT2D eigenvalue weighted by Gasteiger charge is -2.11. The lowest BCUT2D eigenvalue weighted by Crippen LogP contribution is -2.36. The zero-order valence-corrected chi connectivity index (χ0v) is 9.59. The third-order valence-electron chi connectivity index (χ3n) is 1.80. The van der Waals surface area contributed by atoms with Gasteiger partial charge in [-0.05, 0) is 12.8 Å². The molecule has 0 aliphatic rings. The van der Waals surface area contributed by atoms with Crippen LogP contribution < -0.4 is 16.0 Å². The Kier molecular flexibility index (Phi) is 7.13. The van der Waals surface area contributed by atoms with Crippen molar-refractivity contribution >= 4 is 12.1 Å². The topological polar surface area (TPSA) is 73.5 Å². The number of amides is 4. The van der Waals surface area contributed by atoms with Crippen molar-refractivity contribution in [3.8, 4) is 0 Å². The fourth-order valence-electron chi connectivity index (χ4n) is 0.894. The number of hydrogen-bond donors (Lipinski definition) is 3. The van der Waals surface area contributed by atoms with E-state index in [1.807, 2.05) is 0 Å². The number of rotatable bonds is 5. The molecule has 15 heavy (non-hydrogen) atoms. The second-order valence-electron chi connectivity index (χ2n) is 3.34. The van der Waals surface area contributed by atoms with E-state index >= 15 is 0 Å². The van der Waals surface area contributed by atoms with Gasteiger partial charge in [-0.15, -0.1) is 0 Å². The number of carbonyl (C=O) groups excluding carboxylic acids is 2. The van der Waals surface area contributed by atoms with Crippen LogP contribution >= 0.6 is 0 Å². The monoisotopic (exact) mass is 216 g/mol. The van der Waals surface area contributed by atoms with Gasteiger partial charge in [-0.2, -0.15) is 0 Å². The first-order valence-corrected chi connectivity index (χ1v) is 4.98. The van der Waals surface area contributed by atoms with Crippen LogP contribution in [0.5, 0.6) is 0 Å². The normalized spacial score (nSPS) is 9.27. The number of nitrogens with zero attached hydrogens (tertiary/aromatic N) is 1. The van der Waals surface area contributed by atoms with Crippen LogP contribution in [0.3, 0.4) is 0 Å². The minimum Gasteiger partial charge on any atom is -0.341 e. The second kappa shape index (κ2) is 7.90.